The minimum absolute atomic E-state index is 1.02. The molecular formula is C24H19N2S+. The lowest BCUT2D eigenvalue weighted by Gasteiger charge is -2.15. The number of hydrogen-bond donors (Lipinski definition) is 1. The summed E-state index contributed by atoms with van der Waals surface area (Å²) in [6.07, 6.45) is 2.17. The minimum Gasteiger partial charge on any atom is -0.306 e. The summed E-state index contributed by atoms with van der Waals surface area (Å²) in [4.78, 5) is 1.02. The monoisotopic (exact) mass is 367 g/mol. The van der Waals surface area contributed by atoms with Crippen LogP contribution < -0.4 is 4.57 Å². The summed E-state index contributed by atoms with van der Waals surface area (Å²) in [5.41, 5.74) is 7.73. The number of rotatable bonds is 0. The SMILES string of the molecule is Cc1cc2c3ccccc3n3c4c(S)ccc5cc[n+](C)c(c(c1C)c23)c54. The molecule has 0 atom stereocenters. The fourth-order valence-electron chi connectivity index (χ4n) is 4.83. The molecule has 130 valence electrons. The molecule has 6 aromatic rings. The molecule has 0 amide bonds. The predicted molar refractivity (Wildman–Crippen MR) is 117 cm³/mol. The molecule has 0 aliphatic rings. The molecule has 0 aliphatic heterocycles. The first-order valence-electron chi connectivity index (χ1n) is 9.26. The van der Waals surface area contributed by atoms with Crippen molar-refractivity contribution in [3.8, 4) is 0 Å². The molecule has 3 aromatic heterocycles. The Hall–Kier alpha value is -2.78. The third-order valence-corrected chi connectivity index (χ3v) is 6.56. The largest absolute Gasteiger partial charge is 0.306 e. The molecule has 3 heterocycles. The lowest BCUT2D eigenvalue weighted by Crippen LogP contribution is -2.29. The van der Waals surface area contributed by atoms with E-state index in [1.54, 1.807) is 0 Å². The van der Waals surface area contributed by atoms with Crippen LogP contribution in [0, 0.1) is 13.8 Å². The van der Waals surface area contributed by atoms with Crippen molar-refractivity contribution in [2.24, 2.45) is 7.05 Å². The van der Waals surface area contributed by atoms with E-state index in [-0.39, 0.29) is 0 Å². The molecule has 2 nitrogen and oxygen atoms in total. The van der Waals surface area contributed by atoms with Crippen LogP contribution in [0.2, 0.25) is 0 Å². The first kappa shape index (κ1) is 15.3. The molecule has 0 spiro atoms. The van der Waals surface area contributed by atoms with Crippen LogP contribution in [0.1, 0.15) is 11.1 Å². The average Bonchev–Trinajstić information content (AvgIpc) is 2.99. The highest BCUT2D eigenvalue weighted by Gasteiger charge is 2.25. The van der Waals surface area contributed by atoms with Crippen LogP contribution in [0.5, 0.6) is 0 Å². The maximum atomic E-state index is 4.88. The van der Waals surface area contributed by atoms with E-state index in [2.05, 4.69) is 84.6 Å². The van der Waals surface area contributed by atoms with Gasteiger partial charge in [0.2, 0.25) is 5.52 Å². The summed E-state index contributed by atoms with van der Waals surface area (Å²) >= 11 is 4.88. The van der Waals surface area contributed by atoms with Crippen molar-refractivity contribution in [3.05, 3.63) is 65.9 Å². The molecule has 0 unspecified atom stereocenters. The van der Waals surface area contributed by atoms with Crippen LogP contribution in [-0.2, 0) is 7.05 Å². The second kappa shape index (κ2) is 4.93. The molecule has 0 aliphatic carbocycles. The van der Waals surface area contributed by atoms with Gasteiger partial charge in [0.05, 0.1) is 27.3 Å². The summed E-state index contributed by atoms with van der Waals surface area (Å²) in [5, 5.41) is 6.52. The predicted octanol–water partition coefficient (Wildman–Crippen LogP) is 5.72. The van der Waals surface area contributed by atoms with Gasteiger partial charge in [0.15, 0.2) is 6.20 Å². The molecule has 3 aromatic carbocycles. The van der Waals surface area contributed by atoms with Crippen molar-refractivity contribution in [2.75, 3.05) is 0 Å². The maximum Gasteiger partial charge on any atom is 0.224 e. The van der Waals surface area contributed by atoms with Crippen LogP contribution in [-0.4, -0.2) is 4.40 Å². The first-order chi connectivity index (χ1) is 13.1. The fraction of sp³-hybridized carbons (Fsp3) is 0.125. The number of nitrogens with zero attached hydrogens (tertiary/aromatic N) is 2. The molecule has 0 bridgehead atoms. The van der Waals surface area contributed by atoms with Crippen LogP contribution in [0.3, 0.4) is 0 Å². The number of fused-ring (bicyclic) bond motifs is 5. The van der Waals surface area contributed by atoms with E-state index in [9.17, 15) is 0 Å². The Kier molecular flexibility index (Phi) is 2.79. The van der Waals surface area contributed by atoms with Crippen molar-refractivity contribution in [1.82, 2.24) is 4.40 Å². The van der Waals surface area contributed by atoms with E-state index in [1.165, 1.54) is 60.1 Å². The topological polar surface area (TPSA) is 8.29 Å². The van der Waals surface area contributed by atoms with Crippen molar-refractivity contribution in [2.45, 2.75) is 18.7 Å². The van der Waals surface area contributed by atoms with Gasteiger partial charge in [-0.05, 0) is 48.6 Å². The lowest BCUT2D eigenvalue weighted by atomic mass is 9.96. The highest BCUT2D eigenvalue weighted by molar-refractivity contribution is 7.80. The van der Waals surface area contributed by atoms with Gasteiger partial charge in [-0.15, -0.1) is 12.6 Å². The Labute approximate surface area is 162 Å². The number of pyridine rings is 2. The molecule has 0 N–H and O–H groups in total. The van der Waals surface area contributed by atoms with Crippen molar-refractivity contribution in [3.63, 3.8) is 0 Å². The normalized spacial score (nSPS) is 12.4. The molecule has 0 fully saturated rings. The van der Waals surface area contributed by atoms with Gasteiger partial charge in [0.1, 0.15) is 7.05 Å². The van der Waals surface area contributed by atoms with Gasteiger partial charge >= 0.3 is 0 Å². The van der Waals surface area contributed by atoms with Gasteiger partial charge in [0.25, 0.3) is 0 Å². The zero-order valence-electron chi connectivity index (χ0n) is 15.5. The van der Waals surface area contributed by atoms with Gasteiger partial charge in [-0.25, -0.2) is 4.57 Å². The van der Waals surface area contributed by atoms with Gasteiger partial charge in [-0.2, -0.15) is 0 Å². The van der Waals surface area contributed by atoms with E-state index in [0.717, 1.165) is 4.90 Å². The van der Waals surface area contributed by atoms with E-state index in [0.29, 0.717) is 0 Å². The molecule has 3 heteroatoms. The van der Waals surface area contributed by atoms with Gasteiger partial charge in [-0.1, -0.05) is 24.3 Å². The standard InChI is InChI=1S/C24H18N2S/c1-13-12-17-16-6-4-5-7-18(16)26-22(17)20(14(13)2)24-21-15(10-11-25(24)3)8-9-19(27)23(21)26/h4-12H,1-3H3/p+1. The summed E-state index contributed by atoms with van der Waals surface area (Å²) in [6, 6.07) is 17.6. The number of hydrogen-bond acceptors (Lipinski definition) is 1. The third-order valence-electron chi connectivity index (χ3n) is 6.19. The number of aryl methyl sites for hydroxylation is 3. The Morgan fingerprint density at radius 2 is 1.70 bits per heavy atom. The summed E-state index contributed by atoms with van der Waals surface area (Å²) in [7, 11) is 2.15. The van der Waals surface area contributed by atoms with E-state index < -0.39 is 0 Å². The Bertz CT molecular complexity index is 1550. The van der Waals surface area contributed by atoms with Crippen LogP contribution in [0.4, 0.5) is 0 Å². The number of aromatic nitrogens is 2. The van der Waals surface area contributed by atoms with Gasteiger partial charge in [-0.3, -0.25) is 0 Å². The molecular weight excluding hydrogens is 348 g/mol. The first-order valence-corrected chi connectivity index (χ1v) is 9.71. The van der Waals surface area contributed by atoms with E-state index in [1.807, 2.05) is 0 Å². The van der Waals surface area contributed by atoms with Crippen LogP contribution in [0.15, 0.2) is 59.6 Å². The third kappa shape index (κ3) is 1.71. The molecule has 6 rings (SSSR count). The minimum atomic E-state index is 1.02. The number of para-hydroxylation sites is 1. The van der Waals surface area contributed by atoms with Crippen LogP contribution in [0.25, 0.3) is 49.0 Å². The lowest BCUT2D eigenvalue weighted by molar-refractivity contribution is -0.643. The average molecular weight is 367 g/mol. The van der Waals surface area contributed by atoms with Crippen molar-refractivity contribution >= 4 is 61.6 Å². The molecule has 27 heavy (non-hydrogen) atoms. The highest BCUT2D eigenvalue weighted by atomic mass is 32.1. The quantitative estimate of drug-likeness (QED) is 0.152. The fourth-order valence-corrected chi connectivity index (χ4v) is 5.12. The summed E-state index contributed by atoms with van der Waals surface area (Å²) in [6.45, 7) is 4.47. The number of thiol groups is 1. The van der Waals surface area contributed by atoms with E-state index in [4.69, 9.17) is 12.6 Å². The molecule has 0 radical (unpaired) electrons. The van der Waals surface area contributed by atoms with Gasteiger partial charge in [0, 0.05) is 21.7 Å². The zero-order valence-corrected chi connectivity index (χ0v) is 16.4. The zero-order chi connectivity index (χ0) is 18.4. The second-order valence-corrected chi connectivity index (χ2v) is 8.10. The second-order valence-electron chi connectivity index (χ2n) is 7.61. The Morgan fingerprint density at radius 1 is 0.889 bits per heavy atom. The maximum absolute atomic E-state index is 4.88. The summed E-state index contributed by atoms with van der Waals surface area (Å²) in [5.74, 6) is 0. The van der Waals surface area contributed by atoms with E-state index >= 15 is 0 Å². The Morgan fingerprint density at radius 3 is 2.56 bits per heavy atom. The molecule has 0 saturated carbocycles. The van der Waals surface area contributed by atoms with Crippen molar-refractivity contribution in [1.29, 1.82) is 0 Å². The van der Waals surface area contributed by atoms with Crippen LogP contribution >= 0.6 is 12.6 Å². The molecule has 0 saturated heterocycles. The summed E-state index contributed by atoms with van der Waals surface area (Å²) < 4.78 is 4.70. The highest BCUT2D eigenvalue weighted by Crippen LogP contribution is 2.42. The van der Waals surface area contributed by atoms with Crippen molar-refractivity contribution < 1.29 is 4.57 Å². The van der Waals surface area contributed by atoms with Gasteiger partial charge < -0.3 is 4.40 Å². The number of benzene rings is 3. The Balaban J connectivity index is 2.20. The smallest absolute Gasteiger partial charge is 0.224 e.